The highest BCUT2D eigenvalue weighted by atomic mass is 35.5. The van der Waals surface area contributed by atoms with Gasteiger partial charge in [-0.3, -0.25) is 0 Å². The second-order valence-corrected chi connectivity index (χ2v) is 7.49. The molecule has 0 saturated carbocycles. The topological polar surface area (TPSA) is 93.7 Å². The zero-order valence-corrected chi connectivity index (χ0v) is 16.0. The maximum Gasteiger partial charge on any atom is 0.337 e. The number of nitrogens with one attached hydrogen (secondary N) is 2. The first-order chi connectivity index (χ1) is 11.5. The van der Waals surface area contributed by atoms with Crippen LogP contribution in [0.15, 0.2) is 23.1 Å². The van der Waals surface area contributed by atoms with E-state index in [0.29, 0.717) is 12.5 Å². The van der Waals surface area contributed by atoms with Gasteiger partial charge in [-0.05, 0) is 56.5 Å². The van der Waals surface area contributed by atoms with Crippen LogP contribution in [0, 0.1) is 5.92 Å². The number of methoxy groups -OCH3 is 2. The van der Waals surface area contributed by atoms with E-state index in [1.54, 1.807) is 0 Å². The van der Waals surface area contributed by atoms with Gasteiger partial charge < -0.3 is 14.8 Å². The third-order valence-electron chi connectivity index (χ3n) is 4.12. The van der Waals surface area contributed by atoms with Crippen LogP contribution in [0.1, 0.15) is 29.6 Å². The first kappa shape index (κ1) is 21.7. The number of carbonyl (C=O) groups excluding carboxylic acids is 1. The van der Waals surface area contributed by atoms with Gasteiger partial charge in [0.15, 0.2) is 0 Å². The van der Waals surface area contributed by atoms with Crippen LogP contribution in [0.25, 0.3) is 0 Å². The van der Waals surface area contributed by atoms with Crippen molar-refractivity contribution in [3.05, 3.63) is 23.8 Å². The summed E-state index contributed by atoms with van der Waals surface area (Å²) in [7, 11) is -1.07. The summed E-state index contributed by atoms with van der Waals surface area (Å²) in [5.41, 5.74) is 0.238. The maximum absolute atomic E-state index is 12.5. The van der Waals surface area contributed by atoms with Crippen molar-refractivity contribution in [2.45, 2.75) is 24.2 Å². The highest BCUT2D eigenvalue weighted by molar-refractivity contribution is 7.89. The normalized spacial score (nSPS) is 17.4. The molecule has 0 bridgehead atoms. The smallest absolute Gasteiger partial charge is 0.337 e. The van der Waals surface area contributed by atoms with Gasteiger partial charge in [0.2, 0.25) is 10.0 Å². The molecule has 0 aliphatic carbocycles. The average Bonchev–Trinajstić information content (AvgIpc) is 2.61. The Labute approximate surface area is 154 Å². The molecule has 1 aromatic rings. The number of halogens is 1. The van der Waals surface area contributed by atoms with E-state index in [1.807, 2.05) is 0 Å². The summed E-state index contributed by atoms with van der Waals surface area (Å²) in [5, 5.41) is 3.31. The summed E-state index contributed by atoms with van der Waals surface area (Å²) < 4.78 is 37.3. The Hall–Kier alpha value is -1.35. The van der Waals surface area contributed by atoms with Crippen molar-refractivity contribution in [1.29, 1.82) is 0 Å². The number of hydrogen-bond donors (Lipinski definition) is 2. The molecule has 1 aliphatic heterocycles. The second-order valence-electron chi connectivity index (χ2n) is 5.76. The Morgan fingerprint density at radius 3 is 2.72 bits per heavy atom. The molecule has 1 unspecified atom stereocenters. The van der Waals surface area contributed by atoms with Crippen LogP contribution in [0.4, 0.5) is 0 Å². The molecular weight excluding hydrogens is 368 g/mol. The van der Waals surface area contributed by atoms with E-state index in [4.69, 9.17) is 4.74 Å². The van der Waals surface area contributed by atoms with Gasteiger partial charge in [0.1, 0.15) is 10.6 Å². The van der Waals surface area contributed by atoms with E-state index in [0.717, 1.165) is 32.4 Å². The molecule has 0 amide bonds. The molecule has 1 heterocycles. The minimum atomic E-state index is -3.70. The quantitative estimate of drug-likeness (QED) is 0.684. The Morgan fingerprint density at radius 1 is 1.36 bits per heavy atom. The molecule has 2 rings (SSSR count). The van der Waals surface area contributed by atoms with Gasteiger partial charge in [-0.25, -0.2) is 17.9 Å². The summed E-state index contributed by atoms with van der Waals surface area (Å²) in [4.78, 5) is 11.6. The van der Waals surface area contributed by atoms with Crippen molar-refractivity contribution in [3.8, 4) is 5.75 Å². The molecule has 1 aliphatic rings. The standard InChI is InChI=1S/C16H24N2O5S.ClH/c1-22-14-10-13(16(19)23-2)5-6-15(14)24(20,21)18-9-7-12-4-3-8-17-11-12;/h5-6,10,12,17-18H,3-4,7-9,11H2,1-2H3;1H. The number of carbonyl (C=O) groups is 1. The van der Waals surface area contributed by atoms with Gasteiger partial charge in [-0.15, -0.1) is 12.4 Å². The first-order valence-corrected chi connectivity index (χ1v) is 9.43. The number of rotatable bonds is 7. The number of ether oxygens (including phenoxy) is 2. The molecule has 0 spiro atoms. The van der Waals surface area contributed by atoms with E-state index in [2.05, 4.69) is 14.8 Å². The highest BCUT2D eigenvalue weighted by Gasteiger charge is 2.22. The van der Waals surface area contributed by atoms with Crippen LogP contribution in [-0.4, -0.2) is 48.2 Å². The SMILES string of the molecule is COC(=O)c1ccc(S(=O)(=O)NCCC2CCCNC2)c(OC)c1.Cl. The van der Waals surface area contributed by atoms with E-state index in [-0.39, 0.29) is 28.6 Å². The molecule has 25 heavy (non-hydrogen) atoms. The minimum Gasteiger partial charge on any atom is -0.495 e. The van der Waals surface area contributed by atoms with Crippen LogP contribution < -0.4 is 14.8 Å². The maximum atomic E-state index is 12.5. The third-order valence-corrected chi connectivity index (χ3v) is 5.62. The lowest BCUT2D eigenvalue weighted by Gasteiger charge is -2.22. The van der Waals surface area contributed by atoms with Crippen molar-refractivity contribution in [3.63, 3.8) is 0 Å². The van der Waals surface area contributed by atoms with E-state index < -0.39 is 16.0 Å². The number of piperidine rings is 1. The van der Waals surface area contributed by atoms with Crippen LogP contribution in [0.5, 0.6) is 5.75 Å². The fourth-order valence-electron chi connectivity index (χ4n) is 2.78. The zero-order chi connectivity index (χ0) is 17.6. The molecule has 2 N–H and O–H groups in total. The Morgan fingerprint density at radius 2 is 2.12 bits per heavy atom. The zero-order valence-electron chi connectivity index (χ0n) is 14.4. The van der Waals surface area contributed by atoms with Crippen LogP contribution in [0.2, 0.25) is 0 Å². The molecule has 0 radical (unpaired) electrons. The van der Waals surface area contributed by atoms with E-state index >= 15 is 0 Å². The number of sulfonamides is 1. The predicted octanol–water partition coefficient (Wildman–Crippen LogP) is 1.57. The van der Waals surface area contributed by atoms with Crippen molar-refractivity contribution in [1.82, 2.24) is 10.0 Å². The average molecular weight is 393 g/mol. The van der Waals surface area contributed by atoms with Crippen molar-refractivity contribution in [2.24, 2.45) is 5.92 Å². The first-order valence-electron chi connectivity index (χ1n) is 7.94. The summed E-state index contributed by atoms with van der Waals surface area (Å²) in [6, 6.07) is 4.13. The van der Waals surface area contributed by atoms with Crippen molar-refractivity contribution >= 4 is 28.4 Å². The number of esters is 1. The summed E-state index contributed by atoms with van der Waals surface area (Å²) in [6.07, 6.45) is 3.03. The van der Waals surface area contributed by atoms with E-state index in [1.165, 1.54) is 32.4 Å². The number of hydrogen-bond acceptors (Lipinski definition) is 6. The lowest BCUT2D eigenvalue weighted by molar-refractivity contribution is 0.0600. The molecule has 1 aromatic carbocycles. The third kappa shape index (κ3) is 5.85. The Bertz CT molecular complexity index is 675. The molecule has 1 atom stereocenters. The molecule has 142 valence electrons. The van der Waals surface area contributed by atoms with E-state index in [9.17, 15) is 13.2 Å². The van der Waals surface area contributed by atoms with Crippen molar-refractivity contribution in [2.75, 3.05) is 33.9 Å². The number of benzene rings is 1. The summed E-state index contributed by atoms with van der Waals surface area (Å²) in [5.74, 6) is 0.0600. The second kappa shape index (κ2) is 9.96. The minimum absolute atomic E-state index is 0. The van der Waals surface area contributed by atoms with Gasteiger partial charge in [-0.2, -0.15) is 0 Å². The fourth-order valence-corrected chi connectivity index (χ4v) is 3.98. The van der Waals surface area contributed by atoms with Gasteiger partial charge in [-0.1, -0.05) is 0 Å². The molecule has 1 fully saturated rings. The van der Waals surface area contributed by atoms with Crippen LogP contribution in [-0.2, 0) is 14.8 Å². The Balaban J connectivity index is 0.00000312. The van der Waals surface area contributed by atoms with Gasteiger partial charge in [0, 0.05) is 6.54 Å². The van der Waals surface area contributed by atoms with Crippen LogP contribution >= 0.6 is 12.4 Å². The molecule has 0 aromatic heterocycles. The van der Waals surface area contributed by atoms with Crippen LogP contribution in [0.3, 0.4) is 0 Å². The summed E-state index contributed by atoms with van der Waals surface area (Å²) >= 11 is 0. The fraction of sp³-hybridized carbons (Fsp3) is 0.562. The van der Waals surface area contributed by atoms with Gasteiger partial charge in [0.25, 0.3) is 0 Å². The Kier molecular flexibility index (Phi) is 8.64. The largest absolute Gasteiger partial charge is 0.495 e. The van der Waals surface area contributed by atoms with Crippen molar-refractivity contribution < 1.29 is 22.7 Å². The summed E-state index contributed by atoms with van der Waals surface area (Å²) in [6.45, 7) is 2.33. The molecule has 9 heteroatoms. The monoisotopic (exact) mass is 392 g/mol. The van der Waals surface area contributed by atoms with Gasteiger partial charge in [0.05, 0.1) is 19.8 Å². The molecule has 7 nitrogen and oxygen atoms in total. The van der Waals surface area contributed by atoms with Gasteiger partial charge >= 0.3 is 5.97 Å². The highest BCUT2D eigenvalue weighted by Crippen LogP contribution is 2.25. The molecular formula is C16H25ClN2O5S. The lowest BCUT2D eigenvalue weighted by atomic mass is 9.96. The lowest BCUT2D eigenvalue weighted by Crippen LogP contribution is -2.33. The molecule has 1 saturated heterocycles. The predicted molar refractivity (Wildman–Crippen MR) is 97.0 cm³/mol.